The number of nitrogens with zero attached hydrogens (tertiary/aromatic N) is 1. The number of aromatic nitrogens is 2. The zero-order valence-corrected chi connectivity index (χ0v) is 11.6. The Morgan fingerprint density at radius 2 is 2.53 bits per heavy atom. The Hall–Kier alpha value is -1.14. The van der Waals surface area contributed by atoms with Gasteiger partial charge in [-0.15, -0.1) is 11.3 Å². The summed E-state index contributed by atoms with van der Waals surface area (Å²) in [6, 6.07) is 1.79. The zero-order chi connectivity index (χ0) is 12.3. The van der Waals surface area contributed by atoms with Crippen LogP contribution in [-0.2, 0) is 0 Å². The van der Waals surface area contributed by atoms with Crippen LogP contribution in [0.2, 0.25) is 0 Å². The quantitative estimate of drug-likeness (QED) is 0.911. The van der Waals surface area contributed by atoms with Gasteiger partial charge in [-0.3, -0.25) is 4.79 Å². The second kappa shape index (κ2) is 5.46. The van der Waals surface area contributed by atoms with Crippen LogP contribution in [0, 0.1) is 0 Å². The van der Waals surface area contributed by atoms with Crippen LogP contribution in [0.25, 0.3) is 0 Å². The number of aromatic amines is 1. The SMILES string of the molecule is CCC(NC(=O)c1sccc1Br)c1ncc[nH]1. The number of amides is 1. The Balaban J connectivity index is 2.10. The van der Waals surface area contributed by atoms with Gasteiger partial charge in [-0.25, -0.2) is 4.98 Å². The molecule has 0 aliphatic rings. The molecular formula is C11H12BrN3OS. The molecule has 6 heteroatoms. The largest absolute Gasteiger partial charge is 0.347 e. The van der Waals surface area contributed by atoms with Gasteiger partial charge in [0.2, 0.25) is 0 Å². The minimum Gasteiger partial charge on any atom is -0.347 e. The van der Waals surface area contributed by atoms with E-state index in [0.29, 0.717) is 4.88 Å². The Bertz CT molecular complexity index is 495. The second-order valence-electron chi connectivity index (χ2n) is 3.51. The van der Waals surface area contributed by atoms with Crippen molar-refractivity contribution in [2.24, 2.45) is 0 Å². The Labute approximate surface area is 112 Å². The average Bonchev–Trinajstić information content (AvgIpc) is 2.96. The highest BCUT2D eigenvalue weighted by molar-refractivity contribution is 9.10. The van der Waals surface area contributed by atoms with Crippen LogP contribution >= 0.6 is 27.3 Å². The first kappa shape index (κ1) is 12.3. The molecule has 90 valence electrons. The van der Waals surface area contributed by atoms with Crippen LogP contribution in [0.4, 0.5) is 0 Å². The van der Waals surface area contributed by atoms with Crippen LogP contribution in [0.3, 0.4) is 0 Å². The van der Waals surface area contributed by atoms with Gasteiger partial charge in [0.05, 0.1) is 6.04 Å². The van der Waals surface area contributed by atoms with E-state index in [2.05, 4.69) is 31.2 Å². The predicted octanol–water partition coefficient (Wildman–Crippen LogP) is 3.11. The summed E-state index contributed by atoms with van der Waals surface area (Å²) in [5.41, 5.74) is 0. The minimum atomic E-state index is -0.0773. The van der Waals surface area contributed by atoms with Gasteiger partial charge in [0.25, 0.3) is 5.91 Å². The van der Waals surface area contributed by atoms with E-state index in [9.17, 15) is 4.79 Å². The summed E-state index contributed by atoms with van der Waals surface area (Å²) in [6.45, 7) is 2.01. The van der Waals surface area contributed by atoms with Crippen LogP contribution in [0.1, 0.15) is 34.9 Å². The first-order chi connectivity index (χ1) is 8.22. The summed E-state index contributed by atoms with van der Waals surface area (Å²) in [5.74, 6) is 0.712. The van der Waals surface area contributed by atoms with Crippen LogP contribution < -0.4 is 5.32 Å². The predicted molar refractivity (Wildman–Crippen MR) is 71.1 cm³/mol. The van der Waals surface area contributed by atoms with Gasteiger partial charge in [0.15, 0.2) is 0 Å². The molecule has 1 atom stereocenters. The van der Waals surface area contributed by atoms with Gasteiger partial charge in [0.1, 0.15) is 10.7 Å². The number of hydrogen-bond acceptors (Lipinski definition) is 3. The summed E-state index contributed by atoms with van der Waals surface area (Å²) >= 11 is 4.77. The molecule has 2 aromatic rings. The van der Waals surface area contributed by atoms with Gasteiger partial charge >= 0.3 is 0 Å². The van der Waals surface area contributed by atoms with Crippen molar-refractivity contribution in [3.63, 3.8) is 0 Å². The third kappa shape index (κ3) is 2.76. The topological polar surface area (TPSA) is 57.8 Å². The molecule has 1 unspecified atom stereocenters. The van der Waals surface area contributed by atoms with Crippen LogP contribution in [0.5, 0.6) is 0 Å². The molecule has 2 aromatic heterocycles. The molecule has 0 fully saturated rings. The monoisotopic (exact) mass is 313 g/mol. The minimum absolute atomic E-state index is 0.0740. The van der Waals surface area contributed by atoms with Gasteiger partial charge in [-0.05, 0) is 33.8 Å². The molecule has 2 N–H and O–H groups in total. The number of hydrogen-bond donors (Lipinski definition) is 2. The summed E-state index contributed by atoms with van der Waals surface area (Å²) < 4.78 is 0.828. The third-order valence-electron chi connectivity index (χ3n) is 2.39. The summed E-state index contributed by atoms with van der Waals surface area (Å²) in [5, 5.41) is 4.84. The lowest BCUT2D eigenvalue weighted by Gasteiger charge is -2.14. The van der Waals surface area contributed by atoms with E-state index < -0.39 is 0 Å². The molecule has 0 saturated carbocycles. The smallest absolute Gasteiger partial charge is 0.263 e. The molecule has 1 amide bonds. The fourth-order valence-corrected chi connectivity index (χ4v) is 2.97. The molecule has 0 radical (unpaired) electrons. The van der Waals surface area contributed by atoms with Crippen molar-refractivity contribution in [1.29, 1.82) is 0 Å². The summed E-state index contributed by atoms with van der Waals surface area (Å²) in [7, 11) is 0. The number of imidazole rings is 1. The fraction of sp³-hybridized carbons (Fsp3) is 0.273. The maximum atomic E-state index is 12.0. The molecule has 2 rings (SSSR count). The highest BCUT2D eigenvalue weighted by atomic mass is 79.9. The molecule has 0 aliphatic carbocycles. The standard InChI is InChI=1S/C11H12BrN3OS/c1-2-8(10-13-4-5-14-10)15-11(16)9-7(12)3-6-17-9/h3-6,8H,2H2,1H3,(H,13,14)(H,15,16). The van der Waals surface area contributed by atoms with Gasteiger partial charge in [0, 0.05) is 16.9 Å². The normalized spacial score (nSPS) is 12.4. The van der Waals surface area contributed by atoms with Crippen molar-refractivity contribution < 1.29 is 4.79 Å². The second-order valence-corrected chi connectivity index (χ2v) is 5.28. The molecule has 0 aliphatic heterocycles. The lowest BCUT2D eigenvalue weighted by atomic mass is 10.2. The van der Waals surface area contributed by atoms with E-state index in [0.717, 1.165) is 16.7 Å². The third-order valence-corrected chi connectivity index (χ3v) is 4.22. The lowest BCUT2D eigenvalue weighted by molar-refractivity contribution is 0.0937. The van der Waals surface area contributed by atoms with Gasteiger partial charge < -0.3 is 10.3 Å². The molecule has 0 aromatic carbocycles. The number of thiophene rings is 1. The average molecular weight is 314 g/mol. The number of carbonyl (C=O) groups excluding carboxylic acids is 1. The van der Waals surface area contributed by atoms with Crippen LogP contribution in [-0.4, -0.2) is 15.9 Å². The molecule has 0 spiro atoms. The first-order valence-electron chi connectivity index (χ1n) is 5.25. The van der Waals surface area contributed by atoms with Crippen molar-refractivity contribution >= 4 is 33.2 Å². The molecule has 4 nitrogen and oxygen atoms in total. The van der Waals surface area contributed by atoms with E-state index in [1.165, 1.54) is 11.3 Å². The number of H-pyrrole nitrogens is 1. The number of halogens is 1. The number of rotatable bonds is 4. The van der Waals surface area contributed by atoms with Crippen LogP contribution in [0.15, 0.2) is 28.3 Å². The molecule has 17 heavy (non-hydrogen) atoms. The van der Waals surface area contributed by atoms with Crippen molar-refractivity contribution in [2.75, 3.05) is 0 Å². The van der Waals surface area contributed by atoms with E-state index >= 15 is 0 Å². The lowest BCUT2D eigenvalue weighted by Crippen LogP contribution is -2.28. The van der Waals surface area contributed by atoms with E-state index in [4.69, 9.17) is 0 Å². The molecule has 2 heterocycles. The Morgan fingerprint density at radius 3 is 3.06 bits per heavy atom. The summed E-state index contributed by atoms with van der Waals surface area (Å²) in [6.07, 6.45) is 4.23. The van der Waals surface area contributed by atoms with E-state index in [-0.39, 0.29) is 11.9 Å². The maximum Gasteiger partial charge on any atom is 0.263 e. The fourth-order valence-electron chi connectivity index (χ4n) is 1.51. The number of carbonyl (C=O) groups is 1. The van der Waals surface area contributed by atoms with Gasteiger partial charge in [-0.1, -0.05) is 6.92 Å². The Morgan fingerprint density at radius 1 is 1.71 bits per heavy atom. The molecule has 0 saturated heterocycles. The van der Waals surface area contributed by atoms with Crippen molar-refractivity contribution in [3.8, 4) is 0 Å². The maximum absolute atomic E-state index is 12.0. The zero-order valence-electron chi connectivity index (χ0n) is 9.24. The first-order valence-corrected chi connectivity index (χ1v) is 6.92. The Kier molecular flexibility index (Phi) is 3.96. The van der Waals surface area contributed by atoms with Gasteiger partial charge in [-0.2, -0.15) is 0 Å². The number of nitrogens with one attached hydrogen (secondary N) is 2. The molecule has 0 bridgehead atoms. The van der Waals surface area contributed by atoms with E-state index in [1.54, 1.807) is 12.4 Å². The van der Waals surface area contributed by atoms with Crippen molar-refractivity contribution in [2.45, 2.75) is 19.4 Å². The van der Waals surface area contributed by atoms with Crippen molar-refractivity contribution in [1.82, 2.24) is 15.3 Å². The van der Waals surface area contributed by atoms with Crippen molar-refractivity contribution in [3.05, 3.63) is 39.0 Å². The highest BCUT2D eigenvalue weighted by Crippen LogP contribution is 2.23. The van der Waals surface area contributed by atoms with E-state index in [1.807, 2.05) is 18.4 Å². The molecular weight excluding hydrogens is 302 g/mol. The highest BCUT2D eigenvalue weighted by Gasteiger charge is 2.18. The summed E-state index contributed by atoms with van der Waals surface area (Å²) in [4.78, 5) is 19.9.